The largest absolute Gasteiger partial charge is 0.307 e. The number of amides is 4. The zero-order chi connectivity index (χ0) is 31.1. The van der Waals surface area contributed by atoms with Crippen molar-refractivity contribution < 1.29 is 24.1 Å². The molecule has 0 N–H and O–H groups in total. The van der Waals surface area contributed by atoms with E-state index in [0.717, 1.165) is 4.90 Å². The number of nitro groups is 1. The van der Waals surface area contributed by atoms with Crippen LogP contribution in [0.25, 0.3) is 0 Å². The molecule has 0 saturated carbocycles. The molecule has 3 atom stereocenters. The quantitative estimate of drug-likeness (QED) is 0.160. The normalized spacial score (nSPS) is 18.0. The third-order valence-electron chi connectivity index (χ3n) is 8.24. The van der Waals surface area contributed by atoms with Gasteiger partial charge in [-0.3, -0.25) is 34.2 Å². The summed E-state index contributed by atoms with van der Waals surface area (Å²) in [6, 6.07) is 26.3. The number of benzene rings is 4. The molecule has 4 aromatic rings. The van der Waals surface area contributed by atoms with Gasteiger partial charge < -0.3 is 9.80 Å². The first-order valence-electron chi connectivity index (χ1n) is 14.2. The van der Waals surface area contributed by atoms with Crippen LogP contribution in [0.1, 0.15) is 62.9 Å². The number of anilines is 2. The van der Waals surface area contributed by atoms with Crippen molar-refractivity contribution >= 4 is 40.7 Å². The highest BCUT2D eigenvalue weighted by atomic mass is 16.6. The number of carbonyl (C=O) groups is 4. The predicted molar refractivity (Wildman–Crippen MR) is 163 cm³/mol. The summed E-state index contributed by atoms with van der Waals surface area (Å²) in [4.78, 5) is 69.8. The van der Waals surface area contributed by atoms with E-state index in [1.54, 1.807) is 83.5 Å². The van der Waals surface area contributed by atoms with Gasteiger partial charge in [-0.15, -0.1) is 0 Å². The maximum Gasteiger partial charge on any atom is 0.270 e. The predicted octanol–water partition coefficient (Wildman–Crippen LogP) is 5.79. The molecule has 2 aliphatic rings. The maximum atomic E-state index is 14.2. The van der Waals surface area contributed by atoms with Gasteiger partial charge in [0.1, 0.15) is 6.04 Å². The standard InChI is InChI=1S/C34H28N4O6/c1-21-19-30(37(24-12-4-3-5-13-24)32(40)23-11-10-14-25(20-23)38(43)44)28-17-8-9-18-29(28)35(21)31(39)22(2)36-33(41)26-15-6-7-16-27(26)34(36)42/h3-18,20-22,30H,19H2,1-2H3. The monoisotopic (exact) mass is 588 g/mol. The van der Waals surface area contributed by atoms with E-state index < -0.39 is 46.7 Å². The fraction of sp³-hybridized carbons (Fsp3) is 0.176. The van der Waals surface area contributed by atoms with Crippen molar-refractivity contribution in [3.63, 3.8) is 0 Å². The average molecular weight is 589 g/mol. The van der Waals surface area contributed by atoms with Crippen molar-refractivity contribution in [3.8, 4) is 0 Å². The van der Waals surface area contributed by atoms with Gasteiger partial charge >= 0.3 is 0 Å². The lowest BCUT2D eigenvalue weighted by Gasteiger charge is -2.44. The Labute approximate surface area is 253 Å². The second-order valence-corrected chi connectivity index (χ2v) is 10.9. The zero-order valence-electron chi connectivity index (χ0n) is 24.0. The summed E-state index contributed by atoms with van der Waals surface area (Å²) < 4.78 is 0. The highest BCUT2D eigenvalue weighted by Crippen LogP contribution is 2.43. The van der Waals surface area contributed by atoms with E-state index in [4.69, 9.17) is 0 Å². The van der Waals surface area contributed by atoms with Gasteiger partial charge in [-0.25, -0.2) is 0 Å². The molecule has 0 aromatic heterocycles. The molecular formula is C34H28N4O6. The van der Waals surface area contributed by atoms with Gasteiger partial charge in [-0.2, -0.15) is 0 Å². The Balaban J connectivity index is 1.39. The first-order chi connectivity index (χ1) is 21.2. The molecule has 6 rings (SSSR count). The number of hydrogen-bond acceptors (Lipinski definition) is 6. The van der Waals surface area contributed by atoms with Crippen molar-refractivity contribution in [2.24, 2.45) is 0 Å². The van der Waals surface area contributed by atoms with Crippen molar-refractivity contribution in [1.29, 1.82) is 0 Å². The van der Waals surface area contributed by atoms with E-state index in [9.17, 15) is 29.3 Å². The molecule has 0 bridgehead atoms. The number of rotatable bonds is 6. The third kappa shape index (κ3) is 4.70. The van der Waals surface area contributed by atoms with Gasteiger partial charge in [0, 0.05) is 35.1 Å². The van der Waals surface area contributed by atoms with Crippen molar-refractivity contribution in [2.75, 3.05) is 9.80 Å². The van der Waals surface area contributed by atoms with Crippen LogP contribution in [0, 0.1) is 10.1 Å². The van der Waals surface area contributed by atoms with Crippen LogP contribution in [-0.4, -0.2) is 45.5 Å². The van der Waals surface area contributed by atoms with E-state index in [1.165, 1.54) is 18.2 Å². The van der Waals surface area contributed by atoms with Crippen molar-refractivity contribution in [1.82, 2.24) is 4.90 Å². The van der Waals surface area contributed by atoms with E-state index in [2.05, 4.69) is 0 Å². The molecule has 0 saturated heterocycles. The summed E-state index contributed by atoms with van der Waals surface area (Å²) in [7, 11) is 0. The molecular weight excluding hydrogens is 560 g/mol. The summed E-state index contributed by atoms with van der Waals surface area (Å²) in [5, 5.41) is 11.5. The fourth-order valence-electron chi connectivity index (χ4n) is 6.15. The van der Waals surface area contributed by atoms with Crippen molar-refractivity contribution in [2.45, 2.75) is 38.4 Å². The fourth-order valence-corrected chi connectivity index (χ4v) is 6.15. The van der Waals surface area contributed by atoms with E-state index in [1.807, 2.05) is 25.1 Å². The second-order valence-electron chi connectivity index (χ2n) is 10.9. The lowest BCUT2D eigenvalue weighted by Crippen LogP contribution is -2.55. The van der Waals surface area contributed by atoms with Crippen LogP contribution in [0.3, 0.4) is 0 Å². The number of non-ortho nitro benzene ring substituents is 1. The smallest absolute Gasteiger partial charge is 0.270 e. The Morgan fingerprint density at radius 1 is 0.864 bits per heavy atom. The first-order valence-corrected chi connectivity index (χ1v) is 14.2. The minimum atomic E-state index is -1.08. The maximum absolute atomic E-state index is 14.2. The summed E-state index contributed by atoms with van der Waals surface area (Å²) in [5.74, 6) is -1.87. The van der Waals surface area contributed by atoms with Crippen LogP contribution >= 0.6 is 0 Å². The van der Waals surface area contributed by atoms with Crippen LogP contribution in [-0.2, 0) is 4.79 Å². The topological polar surface area (TPSA) is 121 Å². The minimum absolute atomic E-state index is 0.158. The summed E-state index contributed by atoms with van der Waals surface area (Å²) in [6.45, 7) is 3.41. The number of para-hydroxylation sites is 2. The number of imide groups is 1. The van der Waals surface area contributed by atoms with Gasteiger partial charge in [0.15, 0.2) is 0 Å². The Morgan fingerprint density at radius 2 is 1.48 bits per heavy atom. The lowest BCUT2D eigenvalue weighted by molar-refractivity contribution is -0.384. The van der Waals surface area contributed by atoms with Gasteiger partial charge in [0.25, 0.3) is 23.4 Å². The van der Waals surface area contributed by atoms with Crippen LogP contribution in [0.15, 0.2) is 103 Å². The summed E-state index contributed by atoms with van der Waals surface area (Å²) in [6.07, 6.45) is 0.327. The van der Waals surface area contributed by atoms with Crippen LogP contribution in [0.4, 0.5) is 17.1 Å². The lowest BCUT2D eigenvalue weighted by atomic mass is 9.89. The summed E-state index contributed by atoms with van der Waals surface area (Å²) >= 11 is 0. The number of nitro benzene ring substituents is 1. The van der Waals surface area contributed by atoms with Gasteiger partial charge in [-0.05, 0) is 62.2 Å². The molecule has 10 nitrogen and oxygen atoms in total. The Bertz CT molecular complexity index is 1790. The zero-order valence-corrected chi connectivity index (χ0v) is 24.0. The molecule has 4 amide bonds. The van der Waals surface area contributed by atoms with Crippen LogP contribution < -0.4 is 9.80 Å². The average Bonchev–Trinajstić information content (AvgIpc) is 3.30. The van der Waals surface area contributed by atoms with Gasteiger partial charge in [0.05, 0.1) is 22.1 Å². The van der Waals surface area contributed by atoms with E-state index in [0.29, 0.717) is 23.4 Å². The number of fused-ring (bicyclic) bond motifs is 2. The van der Waals surface area contributed by atoms with Gasteiger partial charge in [-0.1, -0.05) is 54.6 Å². The second kappa shape index (κ2) is 11.2. The molecule has 0 fully saturated rings. The highest BCUT2D eigenvalue weighted by Gasteiger charge is 2.45. The Morgan fingerprint density at radius 3 is 2.14 bits per heavy atom. The first kappa shape index (κ1) is 28.5. The molecule has 0 radical (unpaired) electrons. The Hall–Kier alpha value is -5.64. The molecule has 0 aliphatic carbocycles. The molecule has 2 heterocycles. The van der Waals surface area contributed by atoms with E-state index in [-0.39, 0.29) is 22.4 Å². The molecule has 10 heteroatoms. The summed E-state index contributed by atoms with van der Waals surface area (Å²) in [5.41, 5.74) is 2.33. The van der Waals surface area contributed by atoms with Gasteiger partial charge in [0.2, 0.25) is 5.91 Å². The molecule has 3 unspecified atom stereocenters. The Kier molecular flexibility index (Phi) is 7.26. The number of carbonyl (C=O) groups excluding carboxylic acids is 4. The number of nitrogens with zero attached hydrogens (tertiary/aromatic N) is 4. The SMILES string of the molecule is CC(C(=O)N1c2ccccc2C(N(C(=O)c2cccc([N+](=O)[O-])c2)c2ccccc2)CC1C)N1C(=O)c2ccccc2C1=O. The van der Waals surface area contributed by atoms with Crippen molar-refractivity contribution in [3.05, 3.63) is 135 Å². The molecule has 4 aromatic carbocycles. The molecule has 220 valence electrons. The third-order valence-corrected chi connectivity index (χ3v) is 8.24. The molecule has 2 aliphatic heterocycles. The molecule has 0 spiro atoms. The molecule has 44 heavy (non-hydrogen) atoms. The highest BCUT2D eigenvalue weighted by molar-refractivity contribution is 6.23. The van der Waals surface area contributed by atoms with Crippen LogP contribution in [0.2, 0.25) is 0 Å². The van der Waals surface area contributed by atoms with Crippen LogP contribution in [0.5, 0.6) is 0 Å². The van der Waals surface area contributed by atoms with E-state index >= 15 is 0 Å². The number of hydrogen-bond donors (Lipinski definition) is 0. The minimum Gasteiger partial charge on any atom is -0.307 e.